The summed E-state index contributed by atoms with van der Waals surface area (Å²) in [7, 11) is 1.61. The molecule has 1 amide bonds. The molecule has 160 valence electrons. The van der Waals surface area contributed by atoms with Crippen molar-refractivity contribution in [2.45, 2.75) is 6.42 Å². The van der Waals surface area contributed by atoms with E-state index in [1.165, 1.54) is 0 Å². The molecule has 0 aromatic heterocycles. The van der Waals surface area contributed by atoms with Gasteiger partial charge in [0.15, 0.2) is 13.2 Å². The second kappa shape index (κ2) is 11.4. The summed E-state index contributed by atoms with van der Waals surface area (Å²) >= 11 is 0. The average molecular weight is 419 g/mol. The molecule has 0 saturated carbocycles. The third kappa shape index (κ3) is 6.89. The van der Waals surface area contributed by atoms with E-state index >= 15 is 0 Å². The van der Waals surface area contributed by atoms with Crippen LogP contribution in [0, 0.1) is 0 Å². The lowest BCUT2D eigenvalue weighted by Gasteiger charge is -2.11. The Morgan fingerprint density at radius 3 is 2.29 bits per heavy atom. The third-order valence-electron chi connectivity index (χ3n) is 4.58. The molecule has 6 heteroatoms. The Labute approximate surface area is 181 Å². The molecule has 0 saturated heterocycles. The average Bonchev–Trinajstić information content (AvgIpc) is 2.82. The standard InChI is InChI=1S/C25H25NO5/c1-29-21-13-11-19(12-14-21)15-16-26-24(27)17-31-25(28)18-30-23-10-6-5-9-22(23)20-7-3-2-4-8-20/h2-14H,15-18H2,1H3,(H,26,27). The minimum Gasteiger partial charge on any atom is -0.497 e. The van der Waals surface area contributed by atoms with Gasteiger partial charge in [-0.2, -0.15) is 0 Å². The Hall–Kier alpha value is -3.80. The van der Waals surface area contributed by atoms with E-state index in [-0.39, 0.29) is 19.1 Å². The molecule has 0 aliphatic rings. The van der Waals surface area contributed by atoms with Crippen LogP contribution >= 0.6 is 0 Å². The van der Waals surface area contributed by atoms with Crippen LogP contribution < -0.4 is 14.8 Å². The molecule has 3 rings (SSSR count). The van der Waals surface area contributed by atoms with Gasteiger partial charge in [0.05, 0.1) is 7.11 Å². The van der Waals surface area contributed by atoms with E-state index in [0.717, 1.165) is 22.4 Å². The Kier molecular flexibility index (Phi) is 8.05. The summed E-state index contributed by atoms with van der Waals surface area (Å²) < 4.78 is 15.8. The zero-order valence-electron chi connectivity index (χ0n) is 17.4. The molecule has 0 spiro atoms. The fraction of sp³-hybridized carbons (Fsp3) is 0.200. The van der Waals surface area contributed by atoms with Crippen molar-refractivity contribution in [3.63, 3.8) is 0 Å². The van der Waals surface area contributed by atoms with Crippen LogP contribution in [0.25, 0.3) is 11.1 Å². The number of amides is 1. The summed E-state index contributed by atoms with van der Waals surface area (Å²) in [6.45, 7) is -0.169. The second-order valence-electron chi connectivity index (χ2n) is 6.76. The highest BCUT2D eigenvalue weighted by Crippen LogP contribution is 2.29. The van der Waals surface area contributed by atoms with E-state index in [0.29, 0.717) is 18.7 Å². The van der Waals surface area contributed by atoms with Crippen molar-refractivity contribution < 1.29 is 23.8 Å². The topological polar surface area (TPSA) is 73.9 Å². The Morgan fingerprint density at radius 1 is 0.839 bits per heavy atom. The predicted molar refractivity (Wildman–Crippen MR) is 118 cm³/mol. The molecule has 1 N–H and O–H groups in total. The molecule has 0 atom stereocenters. The number of para-hydroxylation sites is 1. The molecule has 6 nitrogen and oxygen atoms in total. The van der Waals surface area contributed by atoms with E-state index in [4.69, 9.17) is 14.2 Å². The van der Waals surface area contributed by atoms with Crippen molar-refractivity contribution in [3.05, 3.63) is 84.4 Å². The number of carbonyl (C=O) groups is 2. The number of methoxy groups -OCH3 is 1. The van der Waals surface area contributed by atoms with Crippen LogP contribution in [0.1, 0.15) is 5.56 Å². The maximum atomic E-state index is 12.0. The van der Waals surface area contributed by atoms with E-state index in [1.807, 2.05) is 72.8 Å². The van der Waals surface area contributed by atoms with Crippen LogP contribution in [-0.2, 0) is 20.7 Å². The molecule has 0 heterocycles. The monoisotopic (exact) mass is 419 g/mol. The largest absolute Gasteiger partial charge is 0.497 e. The Morgan fingerprint density at radius 2 is 1.55 bits per heavy atom. The van der Waals surface area contributed by atoms with Crippen molar-refractivity contribution >= 4 is 11.9 Å². The maximum absolute atomic E-state index is 12.0. The molecule has 0 radical (unpaired) electrons. The zero-order valence-corrected chi connectivity index (χ0v) is 17.4. The molecule has 0 bridgehead atoms. The molecule has 31 heavy (non-hydrogen) atoms. The van der Waals surface area contributed by atoms with E-state index in [1.54, 1.807) is 13.2 Å². The van der Waals surface area contributed by atoms with Gasteiger partial charge in [0, 0.05) is 12.1 Å². The van der Waals surface area contributed by atoms with Crippen molar-refractivity contribution in [1.29, 1.82) is 0 Å². The van der Waals surface area contributed by atoms with Gasteiger partial charge in [0.25, 0.3) is 5.91 Å². The van der Waals surface area contributed by atoms with Gasteiger partial charge in [-0.25, -0.2) is 4.79 Å². The normalized spacial score (nSPS) is 10.2. The van der Waals surface area contributed by atoms with Crippen molar-refractivity contribution in [2.75, 3.05) is 26.9 Å². The second-order valence-corrected chi connectivity index (χ2v) is 6.76. The molecular weight excluding hydrogens is 394 g/mol. The van der Waals surface area contributed by atoms with E-state index < -0.39 is 5.97 Å². The molecule has 0 fully saturated rings. The highest BCUT2D eigenvalue weighted by atomic mass is 16.6. The van der Waals surface area contributed by atoms with Crippen molar-refractivity contribution in [2.24, 2.45) is 0 Å². The first-order chi connectivity index (χ1) is 15.2. The number of benzene rings is 3. The van der Waals surface area contributed by atoms with Gasteiger partial charge in [0.1, 0.15) is 11.5 Å². The van der Waals surface area contributed by atoms with Gasteiger partial charge in [0.2, 0.25) is 0 Å². The van der Waals surface area contributed by atoms with Gasteiger partial charge in [-0.1, -0.05) is 60.7 Å². The number of nitrogens with one attached hydrogen (secondary N) is 1. The SMILES string of the molecule is COc1ccc(CCNC(=O)COC(=O)COc2ccccc2-c2ccccc2)cc1. The van der Waals surface area contributed by atoms with Gasteiger partial charge in [-0.15, -0.1) is 0 Å². The molecule has 3 aromatic carbocycles. The number of rotatable bonds is 10. The summed E-state index contributed by atoms with van der Waals surface area (Å²) in [5.74, 6) is 0.405. The zero-order chi connectivity index (χ0) is 21.9. The highest BCUT2D eigenvalue weighted by Gasteiger charge is 2.11. The number of hydrogen-bond donors (Lipinski definition) is 1. The van der Waals surface area contributed by atoms with Crippen LogP contribution in [-0.4, -0.2) is 38.7 Å². The predicted octanol–water partition coefficient (Wildman–Crippen LogP) is 3.64. The number of ether oxygens (including phenoxy) is 3. The lowest BCUT2D eigenvalue weighted by molar-refractivity contribution is -0.150. The molecule has 3 aromatic rings. The Balaban J connectivity index is 1.39. The minimum absolute atomic E-state index is 0.275. The van der Waals surface area contributed by atoms with Crippen LogP contribution in [0.4, 0.5) is 0 Å². The van der Waals surface area contributed by atoms with Gasteiger partial charge < -0.3 is 19.5 Å². The summed E-state index contributed by atoms with van der Waals surface area (Å²) in [6, 6.07) is 24.8. The van der Waals surface area contributed by atoms with Crippen molar-refractivity contribution in [1.82, 2.24) is 5.32 Å². The van der Waals surface area contributed by atoms with Gasteiger partial charge >= 0.3 is 5.97 Å². The summed E-state index contributed by atoms with van der Waals surface area (Å²) in [4.78, 5) is 23.9. The molecule has 0 aliphatic carbocycles. The number of hydrogen-bond acceptors (Lipinski definition) is 5. The number of carbonyl (C=O) groups excluding carboxylic acids is 2. The van der Waals surface area contributed by atoms with Gasteiger partial charge in [-0.05, 0) is 35.7 Å². The lowest BCUT2D eigenvalue weighted by Crippen LogP contribution is -2.31. The first kappa shape index (κ1) is 21.9. The van der Waals surface area contributed by atoms with E-state index in [2.05, 4.69) is 5.32 Å². The van der Waals surface area contributed by atoms with E-state index in [9.17, 15) is 9.59 Å². The highest BCUT2D eigenvalue weighted by molar-refractivity contribution is 5.81. The van der Waals surface area contributed by atoms with Crippen LogP contribution in [0.15, 0.2) is 78.9 Å². The fourth-order valence-corrected chi connectivity index (χ4v) is 2.96. The first-order valence-electron chi connectivity index (χ1n) is 9.98. The Bertz CT molecular complexity index is 986. The molecule has 0 unspecified atom stereocenters. The van der Waals surface area contributed by atoms with Crippen LogP contribution in [0.5, 0.6) is 11.5 Å². The lowest BCUT2D eigenvalue weighted by atomic mass is 10.1. The smallest absolute Gasteiger partial charge is 0.344 e. The third-order valence-corrected chi connectivity index (χ3v) is 4.58. The van der Waals surface area contributed by atoms with Crippen LogP contribution in [0.3, 0.4) is 0 Å². The number of esters is 1. The molecule has 0 aliphatic heterocycles. The summed E-state index contributed by atoms with van der Waals surface area (Å²) in [5.41, 5.74) is 2.94. The van der Waals surface area contributed by atoms with Gasteiger partial charge in [-0.3, -0.25) is 4.79 Å². The fourth-order valence-electron chi connectivity index (χ4n) is 2.96. The van der Waals surface area contributed by atoms with Crippen molar-refractivity contribution in [3.8, 4) is 22.6 Å². The summed E-state index contributed by atoms with van der Waals surface area (Å²) in [6.07, 6.45) is 0.670. The maximum Gasteiger partial charge on any atom is 0.344 e. The van der Waals surface area contributed by atoms with Crippen LogP contribution in [0.2, 0.25) is 0 Å². The summed E-state index contributed by atoms with van der Waals surface area (Å²) in [5, 5.41) is 2.73. The first-order valence-corrected chi connectivity index (χ1v) is 9.98. The molecular formula is C25H25NO5. The minimum atomic E-state index is -0.604. The quantitative estimate of drug-likeness (QED) is 0.508.